The van der Waals surface area contributed by atoms with Crippen LogP contribution in [0.1, 0.15) is 56.9 Å². The van der Waals surface area contributed by atoms with Crippen molar-refractivity contribution >= 4 is 5.97 Å². The number of carbonyl (C=O) groups is 1. The van der Waals surface area contributed by atoms with Crippen molar-refractivity contribution in [2.24, 2.45) is 11.8 Å². The van der Waals surface area contributed by atoms with Gasteiger partial charge < -0.3 is 24.8 Å². The molecule has 6 heteroatoms. The van der Waals surface area contributed by atoms with E-state index in [0.717, 1.165) is 12.0 Å². The summed E-state index contributed by atoms with van der Waals surface area (Å²) in [7, 11) is 0. The lowest BCUT2D eigenvalue weighted by atomic mass is 9.85. The van der Waals surface area contributed by atoms with Gasteiger partial charge in [-0.2, -0.15) is 0 Å². The fourth-order valence-electron chi connectivity index (χ4n) is 3.95. The predicted octanol–water partition coefficient (Wildman–Crippen LogP) is 2.91. The highest BCUT2D eigenvalue weighted by atomic mass is 16.4. The third-order valence-electron chi connectivity index (χ3n) is 5.54. The van der Waals surface area contributed by atoms with Crippen molar-refractivity contribution in [1.29, 1.82) is 0 Å². The van der Waals surface area contributed by atoms with E-state index in [9.17, 15) is 20.1 Å². The molecule has 5 atom stereocenters. The van der Waals surface area contributed by atoms with Crippen molar-refractivity contribution in [3.8, 4) is 0 Å². The van der Waals surface area contributed by atoms with Crippen LogP contribution in [0.5, 0.6) is 0 Å². The molecule has 152 valence electrons. The molecule has 2 rings (SSSR count). The highest BCUT2D eigenvalue weighted by Crippen LogP contribution is 2.38. The van der Waals surface area contributed by atoms with Crippen LogP contribution >= 0.6 is 0 Å². The Morgan fingerprint density at radius 3 is 2.70 bits per heavy atom. The van der Waals surface area contributed by atoms with E-state index in [0.29, 0.717) is 44.9 Å². The fraction of sp³-hybridized carbons (Fsp3) is 0.667. The highest BCUT2D eigenvalue weighted by Gasteiger charge is 2.40. The normalized spacial score (nSPS) is 26.6. The van der Waals surface area contributed by atoms with Gasteiger partial charge in [-0.05, 0) is 74.8 Å². The zero-order valence-electron chi connectivity index (χ0n) is 15.7. The molecule has 1 saturated carbocycles. The zero-order valence-corrected chi connectivity index (χ0v) is 15.7. The van der Waals surface area contributed by atoms with Gasteiger partial charge in [-0.1, -0.05) is 12.2 Å². The molecule has 1 aliphatic carbocycles. The number of hydrogen-bond donors (Lipinski definition) is 4. The summed E-state index contributed by atoms with van der Waals surface area (Å²) < 4.78 is 5.02. The van der Waals surface area contributed by atoms with E-state index in [2.05, 4.69) is 0 Å². The van der Waals surface area contributed by atoms with E-state index < -0.39 is 24.3 Å². The van der Waals surface area contributed by atoms with Gasteiger partial charge >= 0.3 is 5.97 Å². The number of carboxylic acid groups (broad SMARTS) is 1. The van der Waals surface area contributed by atoms with E-state index >= 15 is 0 Å². The smallest absolute Gasteiger partial charge is 0.303 e. The lowest BCUT2D eigenvalue weighted by Gasteiger charge is -2.23. The zero-order chi connectivity index (χ0) is 19.6. The van der Waals surface area contributed by atoms with Crippen LogP contribution < -0.4 is 0 Å². The minimum absolute atomic E-state index is 0.0169. The monoisotopic (exact) mass is 380 g/mol. The number of aliphatic carboxylic acids is 1. The fourth-order valence-corrected chi connectivity index (χ4v) is 3.95. The van der Waals surface area contributed by atoms with Crippen LogP contribution in [-0.2, 0) is 11.2 Å². The van der Waals surface area contributed by atoms with Crippen LogP contribution in [0.4, 0.5) is 0 Å². The van der Waals surface area contributed by atoms with Gasteiger partial charge in [-0.25, -0.2) is 0 Å². The second-order valence-corrected chi connectivity index (χ2v) is 7.59. The Bertz CT molecular complexity index is 567. The maximum Gasteiger partial charge on any atom is 0.303 e. The summed E-state index contributed by atoms with van der Waals surface area (Å²) in [6.45, 7) is 0. The van der Waals surface area contributed by atoms with Gasteiger partial charge in [-0.15, -0.1) is 0 Å². The van der Waals surface area contributed by atoms with E-state index in [4.69, 9.17) is 9.52 Å². The van der Waals surface area contributed by atoms with Gasteiger partial charge in [0, 0.05) is 6.42 Å². The van der Waals surface area contributed by atoms with Crippen molar-refractivity contribution in [2.45, 2.75) is 76.1 Å². The number of rotatable bonds is 12. The Hall–Kier alpha value is -1.63. The largest absolute Gasteiger partial charge is 0.481 e. The topological polar surface area (TPSA) is 111 Å². The summed E-state index contributed by atoms with van der Waals surface area (Å²) in [5, 5.41) is 39.4. The Morgan fingerprint density at radius 2 is 2.00 bits per heavy atom. The second kappa shape index (κ2) is 11.3. The molecule has 0 amide bonds. The quantitative estimate of drug-likeness (QED) is 0.328. The van der Waals surface area contributed by atoms with Crippen LogP contribution in [0.2, 0.25) is 0 Å². The first-order valence-corrected chi connectivity index (χ1v) is 9.89. The van der Waals surface area contributed by atoms with Crippen LogP contribution in [-0.4, -0.2) is 44.7 Å². The van der Waals surface area contributed by atoms with Crippen LogP contribution in [0.3, 0.4) is 0 Å². The lowest BCUT2D eigenvalue weighted by molar-refractivity contribution is -0.137. The van der Waals surface area contributed by atoms with Crippen molar-refractivity contribution in [1.82, 2.24) is 0 Å². The van der Waals surface area contributed by atoms with Gasteiger partial charge in [0.1, 0.15) is 0 Å². The SMILES string of the molecule is O=C(O)CCC/C=C/CC1C(O)CC(O)C1CCC(O)CCc1ccoc1. The first kappa shape index (κ1) is 21.7. The number of aliphatic hydroxyl groups is 3. The Morgan fingerprint density at radius 1 is 1.22 bits per heavy atom. The summed E-state index contributed by atoms with van der Waals surface area (Å²) in [6.07, 6.45) is 11.0. The Kier molecular flexibility index (Phi) is 9.04. The molecule has 0 saturated heterocycles. The lowest BCUT2D eigenvalue weighted by Crippen LogP contribution is -2.23. The summed E-state index contributed by atoms with van der Waals surface area (Å²) >= 11 is 0. The molecule has 1 aromatic rings. The van der Waals surface area contributed by atoms with Crippen LogP contribution in [0, 0.1) is 11.8 Å². The number of allylic oxidation sites excluding steroid dienone is 2. The molecule has 4 N–H and O–H groups in total. The first-order chi connectivity index (χ1) is 13.0. The van der Waals surface area contributed by atoms with Crippen LogP contribution in [0.25, 0.3) is 0 Å². The third kappa shape index (κ3) is 7.48. The summed E-state index contributed by atoms with van der Waals surface area (Å²) in [5.74, 6) is -0.826. The maximum atomic E-state index is 10.5. The van der Waals surface area contributed by atoms with Crippen molar-refractivity contribution in [3.05, 3.63) is 36.3 Å². The van der Waals surface area contributed by atoms with Crippen molar-refractivity contribution in [3.63, 3.8) is 0 Å². The first-order valence-electron chi connectivity index (χ1n) is 9.89. The van der Waals surface area contributed by atoms with Gasteiger partial charge in [0.05, 0.1) is 30.8 Å². The number of hydrogen-bond acceptors (Lipinski definition) is 5. The molecule has 6 nitrogen and oxygen atoms in total. The van der Waals surface area contributed by atoms with Gasteiger partial charge in [0.15, 0.2) is 0 Å². The highest BCUT2D eigenvalue weighted by molar-refractivity contribution is 5.66. The molecule has 0 aromatic carbocycles. The number of unbranched alkanes of at least 4 members (excludes halogenated alkanes) is 1. The molecule has 0 spiro atoms. The molecular weight excluding hydrogens is 348 g/mol. The average molecular weight is 380 g/mol. The molecule has 1 fully saturated rings. The summed E-state index contributed by atoms with van der Waals surface area (Å²) in [6, 6.07) is 1.89. The minimum atomic E-state index is -0.788. The average Bonchev–Trinajstić information content (AvgIpc) is 3.22. The molecule has 1 heterocycles. The maximum absolute atomic E-state index is 10.5. The molecule has 1 aromatic heterocycles. The van der Waals surface area contributed by atoms with Gasteiger partial charge in [0.25, 0.3) is 0 Å². The van der Waals surface area contributed by atoms with Crippen molar-refractivity contribution < 1.29 is 29.6 Å². The molecule has 0 bridgehead atoms. The van der Waals surface area contributed by atoms with E-state index in [1.54, 1.807) is 12.5 Å². The third-order valence-corrected chi connectivity index (χ3v) is 5.54. The molecular formula is C21H32O6. The number of aliphatic hydroxyl groups excluding tert-OH is 3. The molecule has 5 unspecified atom stereocenters. The van der Waals surface area contributed by atoms with E-state index in [1.165, 1.54) is 0 Å². The van der Waals surface area contributed by atoms with Crippen molar-refractivity contribution in [2.75, 3.05) is 0 Å². The minimum Gasteiger partial charge on any atom is -0.481 e. The van der Waals surface area contributed by atoms with Crippen LogP contribution in [0.15, 0.2) is 35.2 Å². The predicted molar refractivity (Wildman–Crippen MR) is 101 cm³/mol. The number of furan rings is 1. The Labute approximate surface area is 160 Å². The van der Waals surface area contributed by atoms with E-state index in [1.807, 2.05) is 18.2 Å². The second-order valence-electron chi connectivity index (χ2n) is 7.59. The summed E-state index contributed by atoms with van der Waals surface area (Å²) in [4.78, 5) is 10.5. The summed E-state index contributed by atoms with van der Waals surface area (Å²) in [5.41, 5.74) is 1.07. The molecule has 0 aliphatic heterocycles. The molecule has 1 aliphatic rings. The van der Waals surface area contributed by atoms with E-state index in [-0.39, 0.29) is 18.3 Å². The standard InChI is InChI=1S/C21H32O6/c22-16(8-7-15-11-12-27-14-15)9-10-18-17(19(23)13-20(18)24)5-3-1-2-4-6-21(25)26/h1,3,11-12,14,16-20,22-24H,2,4-10,13H2,(H,25,26)/b3-1+. The molecule has 0 radical (unpaired) electrons. The van der Waals surface area contributed by atoms with Gasteiger partial charge in [0.2, 0.25) is 0 Å². The van der Waals surface area contributed by atoms with Gasteiger partial charge in [-0.3, -0.25) is 4.79 Å². The number of aryl methyl sites for hydroxylation is 1. The Balaban J connectivity index is 1.73. The molecule has 27 heavy (non-hydrogen) atoms. The number of carboxylic acids is 1.